The van der Waals surface area contributed by atoms with Crippen LogP contribution in [0.5, 0.6) is 0 Å². The second-order valence-corrected chi connectivity index (χ2v) is 7.35. The third kappa shape index (κ3) is 2.70. The Balaban J connectivity index is 1.60. The van der Waals surface area contributed by atoms with Gasteiger partial charge in [-0.05, 0) is 31.4 Å². The zero-order valence-electron chi connectivity index (χ0n) is 12.5. The predicted octanol–water partition coefficient (Wildman–Crippen LogP) is 2.78. The number of benzene rings is 1. The van der Waals surface area contributed by atoms with Gasteiger partial charge in [-0.3, -0.25) is 14.9 Å². The largest absolute Gasteiger partial charge is 0.336 e. The van der Waals surface area contributed by atoms with Gasteiger partial charge in [0.25, 0.3) is 11.6 Å². The maximum Gasteiger partial charge on any atom is 0.270 e. The van der Waals surface area contributed by atoms with E-state index in [1.807, 2.05) is 4.90 Å². The summed E-state index contributed by atoms with van der Waals surface area (Å²) >= 11 is 1.41. The highest BCUT2D eigenvalue weighted by atomic mass is 32.1. The van der Waals surface area contributed by atoms with E-state index in [4.69, 9.17) is 0 Å². The summed E-state index contributed by atoms with van der Waals surface area (Å²) in [5.41, 5.74) is 0.0607. The summed E-state index contributed by atoms with van der Waals surface area (Å²) in [6.07, 6.45) is 3.34. The summed E-state index contributed by atoms with van der Waals surface area (Å²) in [6, 6.07) is 7.48. The van der Waals surface area contributed by atoms with E-state index in [1.165, 1.54) is 29.9 Å². The highest BCUT2D eigenvalue weighted by Gasteiger charge is 2.31. The second-order valence-electron chi connectivity index (χ2n) is 6.27. The van der Waals surface area contributed by atoms with Crippen molar-refractivity contribution in [2.75, 3.05) is 13.1 Å². The molecule has 23 heavy (non-hydrogen) atoms. The molecule has 0 radical (unpaired) electrons. The summed E-state index contributed by atoms with van der Waals surface area (Å²) in [4.78, 5) is 25.8. The Hall–Kier alpha value is -1.99. The molecular formula is C16H17N3O3S. The lowest BCUT2D eigenvalue weighted by Crippen LogP contribution is -2.38. The van der Waals surface area contributed by atoms with Gasteiger partial charge in [-0.2, -0.15) is 0 Å². The molecule has 2 aromatic rings. The van der Waals surface area contributed by atoms with Crippen molar-refractivity contribution in [2.24, 2.45) is 0 Å². The number of fused-ring (bicyclic) bond motifs is 3. The van der Waals surface area contributed by atoms with E-state index in [1.54, 1.807) is 12.1 Å². The quantitative estimate of drug-likeness (QED) is 0.678. The number of nitrogens with zero attached hydrogens (tertiary/aromatic N) is 2. The van der Waals surface area contributed by atoms with Crippen molar-refractivity contribution in [2.45, 2.75) is 31.3 Å². The first-order valence-electron chi connectivity index (χ1n) is 7.83. The van der Waals surface area contributed by atoms with E-state index < -0.39 is 4.92 Å². The molecule has 0 saturated carbocycles. The first kappa shape index (κ1) is 14.6. The van der Waals surface area contributed by atoms with Gasteiger partial charge >= 0.3 is 0 Å². The lowest BCUT2D eigenvalue weighted by Gasteiger charge is -2.23. The molecule has 2 aliphatic heterocycles. The summed E-state index contributed by atoms with van der Waals surface area (Å²) < 4.78 is 0.911. The van der Waals surface area contributed by atoms with E-state index >= 15 is 0 Å². The Bertz CT molecular complexity index is 788. The fourth-order valence-electron chi connectivity index (χ4n) is 3.53. The molecule has 1 aromatic heterocycles. The average Bonchev–Trinajstić information content (AvgIpc) is 3.08. The summed E-state index contributed by atoms with van der Waals surface area (Å²) in [7, 11) is 0. The number of nitrogens with one attached hydrogen (secondary N) is 1. The van der Waals surface area contributed by atoms with Gasteiger partial charge in [-0.25, -0.2) is 0 Å². The van der Waals surface area contributed by atoms with Crippen molar-refractivity contribution < 1.29 is 9.72 Å². The molecule has 4 rings (SSSR count). The fraction of sp³-hybridized carbons (Fsp3) is 0.438. The second kappa shape index (κ2) is 5.58. The number of hydrogen-bond acceptors (Lipinski definition) is 5. The van der Waals surface area contributed by atoms with Crippen molar-refractivity contribution in [1.82, 2.24) is 10.2 Å². The van der Waals surface area contributed by atoms with Crippen molar-refractivity contribution in [3.05, 3.63) is 39.3 Å². The maximum atomic E-state index is 12.8. The van der Waals surface area contributed by atoms with Crippen LogP contribution in [0.1, 0.15) is 28.9 Å². The average molecular weight is 331 g/mol. The third-order valence-corrected chi connectivity index (χ3v) is 5.84. The Morgan fingerprint density at radius 2 is 2.09 bits per heavy atom. The SMILES string of the molecule is O=C(c1cc2cc([N+](=O)[O-])ccc2s1)N1CCC2CCC(C1)N2. The molecule has 0 aliphatic carbocycles. The Morgan fingerprint density at radius 1 is 1.26 bits per heavy atom. The van der Waals surface area contributed by atoms with Crippen LogP contribution in [0.4, 0.5) is 5.69 Å². The molecule has 3 heterocycles. The highest BCUT2D eigenvalue weighted by Crippen LogP contribution is 2.30. The number of thiophene rings is 1. The number of nitro groups is 1. The molecule has 1 N–H and O–H groups in total. The smallest absolute Gasteiger partial charge is 0.270 e. The predicted molar refractivity (Wildman–Crippen MR) is 88.9 cm³/mol. The monoisotopic (exact) mass is 331 g/mol. The first-order valence-corrected chi connectivity index (χ1v) is 8.65. The van der Waals surface area contributed by atoms with Crippen LogP contribution in [-0.4, -0.2) is 40.9 Å². The number of carbonyl (C=O) groups excluding carboxylic acids is 1. The van der Waals surface area contributed by atoms with Crippen LogP contribution in [0.2, 0.25) is 0 Å². The van der Waals surface area contributed by atoms with Crippen LogP contribution in [0, 0.1) is 10.1 Å². The number of hydrogen-bond donors (Lipinski definition) is 1. The van der Waals surface area contributed by atoms with Crippen molar-refractivity contribution in [3.63, 3.8) is 0 Å². The topological polar surface area (TPSA) is 75.5 Å². The van der Waals surface area contributed by atoms with E-state index in [2.05, 4.69) is 5.32 Å². The number of nitro benzene ring substituents is 1. The molecule has 120 valence electrons. The van der Waals surface area contributed by atoms with Crippen LogP contribution < -0.4 is 5.32 Å². The van der Waals surface area contributed by atoms with E-state index in [9.17, 15) is 14.9 Å². The molecule has 6 nitrogen and oxygen atoms in total. The minimum atomic E-state index is -0.407. The molecule has 2 saturated heterocycles. The van der Waals surface area contributed by atoms with E-state index in [0.717, 1.165) is 36.0 Å². The van der Waals surface area contributed by atoms with Crippen LogP contribution in [0.3, 0.4) is 0 Å². The van der Waals surface area contributed by atoms with Gasteiger partial charge in [-0.1, -0.05) is 0 Å². The van der Waals surface area contributed by atoms with Gasteiger partial charge in [0.15, 0.2) is 0 Å². The summed E-state index contributed by atoms with van der Waals surface area (Å²) in [5.74, 6) is 0.0446. The van der Waals surface area contributed by atoms with Crippen LogP contribution in [0.25, 0.3) is 10.1 Å². The van der Waals surface area contributed by atoms with Crippen molar-refractivity contribution in [1.29, 1.82) is 0 Å². The van der Waals surface area contributed by atoms with Crippen LogP contribution in [0.15, 0.2) is 24.3 Å². The minimum Gasteiger partial charge on any atom is -0.336 e. The Morgan fingerprint density at radius 3 is 2.91 bits per heavy atom. The van der Waals surface area contributed by atoms with E-state index in [0.29, 0.717) is 17.0 Å². The van der Waals surface area contributed by atoms with Gasteiger partial charge in [0.05, 0.1) is 9.80 Å². The first-order chi connectivity index (χ1) is 11.1. The maximum absolute atomic E-state index is 12.8. The summed E-state index contributed by atoms with van der Waals surface area (Å²) in [6.45, 7) is 1.53. The number of rotatable bonds is 2. The Kier molecular flexibility index (Phi) is 3.54. The molecule has 2 bridgehead atoms. The Labute approximate surface area is 137 Å². The molecule has 7 heteroatoms. The van der Waals surface area contributed by atoms with Crippen molar-refractivity contribution >= 4 is 33.0 Å². The number of carbonyl (C=O) groups is 1. The molecule has 0 spiro atoms. The molecule has 2 aliphatic rings. The lowest BCUT2D eigenvalue weighted by atomic mass is 10.1. The molecule has 1 aromatic carbocycles. The highest BCUT2D eigenvalue weighted by molar-refractivity contribution is 7.20. The number of likely N-dealkylation sites (tertiary alicyclic amines) is 1. The molecule has 2 unspecified atom stereocenters. The standard InChI is InChI=1S/C16H17N3O3S/c20-16(18-6-5-11-1-2-12(9-18)17-11)15-8-10-7-13(19(21)22)3-4-14(10)23-15/h3-4,7-8,11-12,17H,1-2,5-6,9H2. The zero-order valence-corrected chi connectivity index (χ0v) is 13.3. The van der Waals surface area contributed by atoms with Crippen molar-refractivity contribution in [3.8, 4) is 0 Å². The molecule has 2 atom stereocenters. The van der Waals surface area contributed by atoms with Gasteiger partial charge in [-0.15, -0.1) is 11.3 Å². The summed E-state index contributed by atoms with van der Waals surface area (Å²) in [5, 5.41) is 15.2. The zero-order chi connectivity index (χ0) is 16.0. The third-order valence-electron chi connectivity index (χ3n) is 4.73. The fourth-order valence-corrected chi connectivity index (χ4v) is 4.54. The van der Waals surface area contributed by atoms with Gasteiger partial charge in [0, 0.05) is 47.4 Å². The number of non-ortho nitro benzene ring substituents is 1. The van der Waals surface area contributed by atoms with Crippen LogP contribution in [-0.2, 0) is 0 Å². The van der Waals surface area contributed by atoms with Gasteiger partial charge in [0.2, 0.25) is 0 Å². The molecule has 1 amide bonds. The number of amides is 1. The lowest BCUT2D eigenvalue weighted by molar-refractivity contribution is -0.384. The van der Waals surface area contributed by atoms with E-state index in [-0.39, 0.29) is 11.6 Å². The van der Waals surface area contributed by atoms with Crippen LogP contribution >= 0.6 is 11.3 Å². The minimum absolute atomic E-state index is 0.0446. The van der Waals surface area contributed by atoms with Gasteiger partial charge < -0.3 is 10.2 Å². The normalized spacial score (nSPS) is 23.9. The molecular weight excluding hydrogens is 314 g/mol. The molecule has 2 fully saturated rings. The van der Waals surface area contributed by atoms with Gasteiger partial charge in [0.1, 0.15) is 0 Å².